The summed E-state index contributed by atoms with van der Waals surface area (Å²) in [4.78, 5) is 0. The van der Waals surface area contributed by atoms with E-state index in [1.54, 1.807) is 14.2 Å². The summed E-state index contributed by atoms with van der Waals surface area (Å²) in [7, 11) is 3.44. The van der Waals surface area contributed by atoms with Crippen LogP contribution in [0.25, 0.3) is 0 Å². The SMILES string of the molecule is COc1cc(CBr)cc(OC)c1C1CC1. The van der Waals surface area contributed by atoms with Crippen LogP contribution in [0.3, 0.4) is 0 Å². The molecule has 0 atom stereocenters. The fourth-order valence-electron chi connectivity index (χ4n) is 1.84. The number of rotatable bonds is 4. The van der Waals surface area contributed by atoms with E-state index >= 15 is 0 Å². The van der Waals surface area contributed by atoms with Gasteiger partial charge in [-0.15, -0.1) is 0 Å². The van der Waals surface area contributed by atoms with Gasteiger partial charge in [-0.2, -0.15) is 0 Å². The third-order valence-corrected chi connectivity index (χ3v) is 3.39. The second-order valence-corrected chi connectivity index (χ2v) is 4.38. The average Bonchev–Trinajstić information content (AvgIpc) is 3.10. The van der Waals surface area contributed by atoms with E-state index in [9.17, 15) is 0 Å². The molecule has 1 aromatic rings. The third-order valence-electron chi connectivity index (χ3n) is 2.74. The van der Waals surface area contributed by atoms with Gasteiger partial charge < -0.3 is 9.47 Å². The van der Waals surface area contributed by atoms with Crippen molar-refractivity contribution in [3.05, 3.63) is 23.3 Å². The van der Waals surface area contributed by atoms with Crippen LogP contribution >= 0.6 is 15.9 Å². The van der Waals surface area contributed by atoms with E-state index < -0.39 is 0 Å². The summed E-state index contributed by atoms with van der Waals surface area (Å²) in [5, 5.41) is 0.824. The van der Waals surface area contributed by atoms with Crippen molar-refractivity contribution in [3.63, 3.8) is 0 Å². The van der Waals surface area contributed by atoms with E-state index in [0.29, 0.717) is 5.92 Å². The molecule has 0 amide bonds. The predicted octanol–water partition coefficient (Wildman–Crippen LogP) is 3.48. The van der Waals surface area contributed by atoms with Crippen LogP contribution in [0.5, 0.6) is 11.5 Å². The van der Waals surface area contributed by atoms with Gasteiger partial charge in [0.1, 0.15) is 11.5 Å². The van der Waals surface area contributed by atoms with Gasteiger partial charge in [0.25, 0.3) is 0 Å². The first-order valence-electron chi connectivity index (χ1n) is 5.11. The van der Waals surface area contributed by atoms with Crippen molar-refractivity contribution in [3.8, 4) is 11.5 Å². The molecule has 1 fully saturated rings. The fraction of sp³-hybridized carbons (Fsp3) is 0.500. The molecule has 1 saturated carbocycles. The number of alkyl halides is 1. The molecule has 0 unspecified atom stereocenters. The maximum Gasteiger partial charge on any atom is 0.126 e. The summed E-state index contributed by atoms with van der Waals surface area (Å²) in [6, 6.07) is 4.18. The van der Waals surface area contributed by atoms with Crippen molar-refractivity contribution >= 4 is 15.9 Å². The number of hydrogen-bond acceptors (Lipinski definition) is 2. The highest BCUT2D eigenvalue weighted by Gasteiger charge is 2.30. The first-order valence-corrected chi connectivity index (χ1v) is 6.23. The van der Waals surface area contributed by atoms with Gasteiger partial charge in [0, 0.05) is 10.9 Å². The molecular formula is C12H15BrO2. The smallest absolute Gasteiger partial charge is 0.126 e. The van der Waals surface area contributed by atoms with Crippen molar-refractivity contribution in [2.45, 2.75) is 24.1 Å². The van der Waals surface area contributed by atoms with E-state index in [4.69, 9.17) is 9.47 Å². The molecule has 0 aromatic heterocycles. The average molecular weight is 271 g/mol. The van der Waals surface area contributed by atoms with E-state index in [1.807, 2.05) is 0 Å². The third kappa shape index (κ3) is 2.12. The zero-order chi connectivity index (χ0) is 10.8. The highest BCUT2D eigenvalue weighted by atomic mass is 79.9. The van der Waals surface area contributed by atoms with Crippen molar-refractivity contribution < 1.29 is 9.47 Å². The summed E-state index contributed by atoms with van der Waals surface area (Å²) in [6.45, 7) is 0. The number of halogens is 1. The van der Waals surface area contributed by atoms with Crippen LogP contribution in [0.4, 0.5) is 0 Å². The number of methoxy groups -OCH3 is 2. The van der Waals surface area contributed by atoms with E-state index in [1.165, 1.54) is 24.0 Å². The van der Waals surface area contributed by atoms with Gasteiger partial charge in [0.2, 0.25) is 0 Å². The van der Waals surface area contributed by atoms with Gasteiger partial charge in [-0.1, -0.05) is 15.9 Å². The Hall–Kier alpha value is -0.700. The summed E-state index contributed by atoms with van der Waals surface area (Å²) in [5.41, 5.74) is 2.43. The Bertz CT molecular complexity index is 334. The number of benzene rings is 1. The number of ether oxygens (including phenoxy) is 2. The summed E-state index contributed by atoms with van der Waals surface area (Å²) >= 11 is 3.45. The van der Waals surface area contributed by atoms with Crippen LogP contribution in [0.1, 0.15) is 29.9 Å². The predicted molar refractivity (Wildman–Crippen MR) is 64.2 cm³/mol. The van der Waals surface area contributed by atoms with Crippen LogP contribution in [0.2, 0.25) is 0 Å². The second kappa shape index (κ2) is 4.44. The van der Waals surface area contributed by atoms with Gasteiger partial charge >= 0.3 is 0 Å². The van der Waals surface area contributed by atoms with E-state index in [-0.39, 0.29) is 0 Å². The van der Waals surface area contributed by atoms with Crippen LogP contribution < -0.4 is 9.47 Å². The monoisotopic (exact) mass is 270 g/mol. The molecule has 82 valence electrons. The Labute approximate surface area is 98.7 Å². The lowest BCUT2D eigenvalue weighted by Crippen LogP contribution is -1.97. The minimum Gasteiger partial charge on any atom is -0.496 e. The Morgan fingerprint density at radius 1 is 1.20 bits per heavy atom. The molecule has 2 nitrogen and oxygen atoms in total. The number of hydrogen-bond donors (Lipinski definition) is 0. The van der Waals surface area contributed by atoms with E-state index in [2.05, 4.69) is 28.1 Å². The standard InChI is InChI=1S/C12H15BrO2/c1-14-10-5-8(7-13)6-11(15-2)12(10)9-3-4-9/h5-6,9H,3-4,7H2,1-2H3. The Morgan fingerprint density at radius 3 is 2.07 bits per heavy atom. The first kappa shape index (κ1) is 10.8. The summed E-state index contributed by atoms with van der Waals surface area (Å²) in [6.07, 6.45) is 2.50. The molecule has 0 heterocycles. The molecular weight excluding hydrogens is 256 g/mol. The molecule has 0 radical (unpaired) electrons. The molecule has 0 bridgehead atoms. The maximum atomic E-state index is 5.43. The zero-order valence-corrected chi connectivity index (χ0v) is 10.6. The molecule has 1 aromatic carbocycles. The molecule has 2 rings (SSSR count). The van der Waals surface area contributed by atoms with Gasteiger partial charge in [0.05, 0.1) is 14.2 Å². The highest BCUT2D eigenvalue weighted by Crippen LogP contribution is 2.49. The lowest BCUT2D eigenvalue weighted by Gasteiger charge is -2.14. The second-order valence-electron chi connectivity index (χ2n) is 3.82. The quantitative estimate of drug-likeness (QED) is 0.780. The zero-order valence-electron chi connectivity index (χ0n) is 9.05. The maximum absolute atomic E-state index is 5.43. The first-order chi connectivity index (χ1) is 7.30. The Kier molecular flexibility index (Phi) is 3.19. The topological polar surface area (TPSA) is 18.5 Å². The lowest BCUT2D eigenvalue weighted by atomic mass is 10.1. The van der Waals surface area contributed by atoms with Crippen LogP contribution in [-0.2, 0) is 5.33 Å². The molecule has 0 saturated heterocycles. The molecule has 0 spiro atoms. The van der Waals surface area contributed by atoms with Crippen LogP contribution in [-0.4, -0.2) is 14.2 Å². The van der Waals surface area contributed by atoms with Crippen LogP contribution in [0, 0.1) is 0 Å². The molecule has 3 heteroatoms. The van der Waals surface area contributed by atoms with Gasteiger partial charge in [0.15, 0.2) is 0 Å². The Morgan fingerprint density at radius 2 is 1.73 bits per heavy atom. The molecule has 15 heavy (non-hydrogen) atoms. The van der Waals surface area contributed by atoms with Gasteiger partial charge in [-0.05, 0) is 36.5 Å². The van der Waals surface area contributed by atoms with Crippen molar-refractivity contribution in [1.29, 1.82) is 0 Å². The van der Waals surface area contributed by atoms with Gasteiger partial charge in [-0.25, -0.2) is 0 Å². The van der Waals surface area contributed by atoms with Crippen molar-refractivity contribution in [2.75, 3.05) is 14.2 Å². The highest BCUT2D eigenvalue weighted by molar-refractivity contribution is 9.08. The molecule has 1 aliphatic rings. The van der Waals surface area contributed by atoms with E-state index in [0.717, 1.165) is 16.8 Å². The van der Waals surface area contributed by atoms with Gasteiger partial charge in [-0.3, -0.25) is 0 Å². The minimum atomic E-state index is 0.638. The lowest BCUT2D eigenvalue weighted by molar-refractivity contribution is 0.385. The molecule has 0 aliphatic heterocycles. The largest absolute Gasteiger partial charge is 0.496 e. The molecule has 1 aliphatic carbocycles. The van der Waals surface area contributed by atoms with Crippen LogP contribution in [0.15, 0.2) is 12.1 Å². The Balaban J connectivity index is 2.48. The van der Waals surface area contributed by atoms with Crippen molar-refractivity contribution in [1.82, 2.24) is 0 Å². The summed E-state index contributed by atoms with van der Waals surface area (Å²) in [5.74, 6) is 2.57. The molecule has 0 N–H and O–H groups in total. The normalized spacial score (nSPS) is 15.1. The van der Waals surface area contributed by atoms with Crippen molar-refractivity contribution in [2.24, 2.45) is 0 Å². The summed E-state index contributed by atoms with van der Waals surface area (Å²) < 4.78 is 10.9. The fourth-order valence-corrected chi connectivity index (χ4v) is 2.17. The minimum absolute atomic E-state index is 0.638.